The SMILES string of the molecule is Cc1ccc([C@H](C)NC2CCCSC2)cc1. The molecule has 88 valence electrons. The summed E-state index contributed by atoms with van der Waals surface area (Å²) in [7, 11) is 0. The molecule has 0 bridgehead atoms. The number of hydrogen-bond acceptors (Lipinski definition) is 2. The molecule has 0 aliphatic carbocycles. The Labute approximate surface area is 103 Å². The van der Waals surface area contributed by atoms with E-state index in [1.807, 2.05) is 0 Å². The zero-order valence-corrected chi connectivity index (χ0v) is 11.0. The van der Waals surface area contributed by atoms with Crippen LogP contribution in [0.15, 0.2) is 24.3 Å². The zero-order valence-electron chi connectivity index (χ0n) is 10.2. The number of thioether (sulfide) groups is 1. The van der Waals surface area contributed by atoms with Crippen molar-refractivity contribution in [1.82, 2.24) is 5.32 Å². The minimum atomic E-state index is 0.476. The highest BCUT2D eigenvalue weighted by molar-refractivity contribution is 7.99. The monoisotopic (exact) mass is 235 g/mol. The summed E-state index contributed by atoms with van der Waals surface area (Å²) in [6.07, 6.45) is 2.70. The zero-order chi connectivity index (χ0) is 11.4. The van der Waals surface area contributed by atoms with Crippen LogP contribution in [0.5, 0.6) is 0 Å². The summed E-state index contributed by atoms with van der Waals surface area (Å²) in [5, 5.41) is 3.73. The van der Waals surface area contributed by atoms with Crippen LogP contribution in [-0.2, 0) is 0 Å². The number of nitrogens with one attached hydrogen (secondary N) is 1. The smallest absolute Gasteiger partial charge is 0.0294 e. The first-order chi connectivity index (χ1) is 7.75. The largest absolute Gasteiger partial charge is 0.307 e. The van der Waals surface area contributed by atoms with E-state index in [1.165, 1.54) is 35.5 Å². The summed E-state index contributed by atoms with van der Waals surface area (Å²) in [5.74, 6) is 2.62. The van der Waals surface area contributed by atoms with Gasteiger partial charge >= 0.3 is 0 Å². The van der Waals surface area contributed by atoms with E-state index in [4.69, 9.17) is 0 Å². The first-order valence-electron chi connectivity index (χ1n) is 6.16. The molecule has 1 aromatic rings. The molecule has 1 heterocycles. The number of aryl methyl sites for hydroxylation is 1. The van der Waals surface area contributed by atoms with E-state index in [9.17, 15) is 0 Å². The molecule has 2 atom stereocenters. The van der Waals surface area contributed by atoms with Crippen molar-refractivity contribution >= 4 is 11.8 Å². The Balaban J connectivity index is 1.91. The van der Waals surface area contributed by atoms with Crippen molar-refractivity contribution < 1.29 is 0 Å². The molecule has 1 unspecified atom stereocenters. The van der Waals surface area contributed by atoms with Gasteiger partial charge in [-0.25, -0.2) is 0 Å². The average Bonchev–Trinajstić information content (AvgIpc) is 2.31. The molecule has 1 fully saturated rings. The molecule has 0 spiro atoms. The van der Waals surface area contributed by atoms with Gasteiger partial charge in [0.1, 0.15) is 0 Å². The third-order valence-electron chi connectivity index (χ3n) is 3.22. The van der Waals surface area contributed by atoms with E-state index in [0.29, 0.717) is 12.1 Å². The summed E-state index contributed by atoms with van der Waals surface area (Å²) < 4.78 is 0. The number of rotatable bonds is 3. The Morgan fingerprint density at radius 2 is 2.06 bits per heavy atom. The highest BCUT2D eigenvalue weighted by Crippen LogP contribution is 2.20. The maximum atomic E-state index is 3.73. The molecule has 0 aromatic heterocycles. The van der Waals surface area contributed by atoms with E-state index >= 15 is 0 Å². The average molecular weight is 235 g/mol. The molecule has 1 aliphatic heterocycles. The van der Waals surface area contributed by atoms with E-state index in [0.717, 1.165) is 0 Å². The molecule has 1 aromatic carbocycles. The van der Waals surface area contributed by atoms with Crippen molar-refractivity contribution in [3.63, 3.8) is 0 Å². The van der Waals surface area contributed by atoms with Gasteiger partial charge in [0, 0.05) is 17.8 Å². The highest BCUT2D eigenvalue weighted by Gasteiger charge is 2.16. The minimum absolute atomic E-state index is 0.476. The molecule has 2 heteroatoms. The molecule has 1 aliphatic rings. The van der Waals surface area contributed by atoms with E-state index < -0.39 is 0 Å². The lowest BCUT2D eigenvalue weighted by molar-refractivity contribution is 0.452. The second-order valence-electron chi connectivity index (χ2n) is 4.71. The van der Waals surface area contributed by atoms with Gasteiger partial charge in [-0.05, 0) is 38.0 Å². The number of hydrogen-bond donors (Lipinski definition) is 1. The standard InChI is InChI=1S/C14H21NS/c1-11-5-7-13(8-6-11)12(2)15-14-4-3-9-16-10-14/h5-8,12,14-15H,3-4,9-10H2,1-2H3/t12-,14?/m0/s1. The van der Waals surface area contributed by atoms with Crippen LogP contribution in [0.4, 0.5) is 0 Å². The summed E-state index contributed by atoms with van der Waals surface area (Å²) >= 11 is 2.08. The van der Waals surface area contributed by atoms with Crippen molar-refractivity contribution in [2.24, 2.45) is 0 Å². The van der Waals surface area contributed by atoms with Crippen LogP contribution in [0.1, 0.15) is 36.9 Å². The van der Waals surface area contributed by atoms with E-state index in [-0.39, 0.29) is 0 Å². The predicted octanol–water partition coefficient (Wildman–Crippen LogP) is 3.54. The third kappa shape index (κ3) is 3.26. The van der Waals surface area contributed by atoms with Gasteiger partial charge in [-0.15, -0.1) is 0 Å². The van der Waals surface area contributed by atoms with E-state index in [2.05, 4.69) is 55.2 Å². The molecule has 1 nitrogen and oxygen atoms in total. The molecule has 0 saturated carbocycles. The van der Waals surface area contributed by atoms with Crippen molar-refractivity contribution in [1.29, 1.82) is 0 Å². The lowest BCUT2D eigenvalue weighted by Crippen LogP contribution is -2.35. The second kappa shape index (κ2) is 5.74. The lowest BCUT2D eigenvalue weighted by Gasteiger charge is -2.26. The topological polar surface area (TPSA) is 12.0 Å². The predicted molar refractivity (Wildman–Crippen MR) is 73.1 cm³/mol. The van der Waals surface area contributed by atoms with Gasteiger partial charge in [0.2, 0.25) is 0 Å². The fourth-order valence-corrected chi connectivity index (χ4v) is 3.26. The fraction of sp³-hybridized carbons (Fsp3) is 0.571. The normalized spacial score (nSPS) is 23.0. The summed E-state index contributed by atoms with van der Waals surface area (Å²) in [4.78, 5) is 0. The third-order valence-corrected chi connectivity index (χ3v) is 4.44. The lowest BCUT2D eigenvalue weighted by atomic mass is 10.0. The second-order valence-corrected chi connectivity index (χ2v) is 5.86. The van der Waals surface area contributed by atoms with Gasteiger partial charge in [-0.1, -0.05) is 29.8 Å². The Morgan fingerprint density at radius 3 is 2.69 bits per heavy atom. The molecule has 16 heavy (non-hydrogen) atoms. The fourth-order valence-electron chi connectivity index (χ4n) is 2.18. The maximum Gasteiger partial charge on any atom is 0.0294 e. The minimum Gasteiger partial charge on any atom is -0.307 e. The first kappa shape index (κ1) is 12.0. The van der Waals surface area contributed by atoms with Gasteiger partial charge in [0.15, 0.2) is 0 Å². The number of benzene rings is 1. The molecule has 2 rings (SSSR count). The Morgan fingerprint density at radius 1 is 1.31 bits per heavy atom. The van der Waals surface area contributed by atoms with Gasteiger partial charge < -0.3 is 5.32 Å². The summed E-state index contributed by atoms with van der Waals surface area (Å²) in [6.45, 7) is 4.41. The Hall–Kier alpha value is -0.470. The van der Waals surface area contributed by atoms with Crippen LogP contribution in [0.25, 0.3) is 0 Å². The first-order valence-corrected chi connectivity index (χ1v) is 7.31. The van der Waals surface area contributed by atoms with Crippen LogP contribution in [0, 0.1) is 6.92 Å². The molecule has 0 radical (unpaired) electrons. The van der Waals surface area contributed by atoms with Gasteiger partial charge in [-0.2, -0.15) is 11.8 Å². The van der Waals surface area contributed by atoms with Gasteiger partial charge in [-0.3, -0.25) is 0 Å². The molecule has 0 amide bonds. The maximum absolute atomic E-state index is 3.73. The molecular weight excluding hydrogens is 214 g/mol. The Kier molecular flexibility index (Phi) is 4.30. The summed E-state index contributed by atoms with van der Waals surface area (Å²) in [6, 6.07) is 10.1. The highest BCUT2D eigenvalue weighted by atomic mass is 32.2. The van der Waals surface area contributed by atoms with Gasteiger partial charge in [0.05, 0.1) is 0 Å². The van der Waals surface area contributed by atoms with Crippen molar-refractivity contribution in [2.75, 3.05) is 11.5 Å². The molecule has 1 saturated heterocycles. The summed E-state index contributed by atoms with van der Waals surface area (Å²) in [5.41, 5.74) is 2.74. The van der Waals surface area contributed by atoms with Gasteiger partial charge in [0.25, 0.3) is 0 Å². The quantitative estimate of drug-likeness (QED) is 0.860. The van der Waals surface area contributed by atoms with Crippen LogP contribution in [0.3, 0.4) is 0 Å². The van der Waals surface area contributed by atoms with Crippen LogP contribution in [0.2, 0.25) is 0 Å². The molecule has 1 N–H and O–H groups in total. The van der Waals surface area contributed by atoms with Crippen molar-refractivity contribution in [3.05, 3.63) is 35.4 Å². The molecular formula is C14H21NS. The van der Waals surface area contributed by atoms with Crippen LogP contribution in [-0.4, -0.2) is 17.5 Å². The van der Waals surface area contributed by atoms with Crippen LogP contribution >= 0.6 is 11.8 Å². The van der Waals surface area contributed by atoms with E-state index in [1.54, 1.807) is 0 Å². The van der Waals surface area contributed by atoms with Crippen molar-refractivity contribution in [2.45, 2.75) is 38.8 Å². The van der Waals surface area contributed by atoms with Crippen LogP contribution < -0.4 is 5.32 Å². The van der Waals surface area contributed by atoms with Crippen molar-refractivity contribution in [3.8, 4) is 0 Å². The Bertz CT molecular complexity index is 314.